The minimum Gasteiger partial charge on any atom is -0.383 e. The van der Waals surface area contributed by atoms with Crippen LogP contribution in [0, 0.1) is 0 Å². The molecule has 1 rings (SSSR count). The summed E-state index contributed by atoms with van der Waals surface area (Å²) in [5.74, 6) is -0.0971. The molecule has 0 fully saturated rings. The van der Waals surface area contributed by atoms with Gasteiger partial charge in [0.15, 0.2) is 5.78 Å². The summed E-state index contributed by atoms with van der Waals surface area (Å²) in [6.07, 6.45) is 1.57. The van der Waals surface area contributed by atoms with Crippen LogP contribution in [0.25, 0.3) is 0 Å². The van der Waals surface area contributed by atoms with Crippen LogP contribution in [0.4, 0.5) is 5.69 Å². The van der Waals surface area contributed by atoms with E-state index in [1.54, 1.807) is 13.3 Å². The van der Waals surface area contributed by atoms with Crippen LogP contribution in [0.2, 0.25) is 0 Å². The maximum Gasteiger partial charge on any atom is 0.269 e. The molecule has 0 aliphatic rings. The number of aromatic nitrogens is 2. The Labute approximate surface area is 99.8 Å². The maximum absolute atomic E-state index is 11.6. The van der Waals surface area contributed by atoms with Gasteiger partial charge < -0.3 is 9.64 Å². The van der Waals surface area contributed by atoms with Gasteiger partial charge in [-0.25, -0.2) is 4.68 Å². The van der Waals surface area contributed by atoms with E-state index < -0.39 is 0 Å². The molecular formula is C11H17N3O3. The standard InChI is InChI=1S/C11H17N3O3/c1-9(15)8-14-11(16)6-10(7-12-14)13(2)4-5-17-3/h6-7H,4-5,8H2,1-3H3. The van der Waals surface area contributed by atoms with Crippen molar-refractivity contribution in [3.63, 3.8) is 0 Å². The monoisotopic (exact) mass is 239 g/mol. The van der Waals surface area contributed by atoms with E-state index in [-0.39, 0.29) is 17.9 Å². The summed E-state index contributed by atoms with van der Waals surface area (Å²) in [6.45, 7) is 2.69. The molecule has 0 saturated heterocycles. The molecule has 1 heterocycles. The van der Waals surface area contributed by atoms with Crippen molar-refractivity contribution in [1.29, 1.82) is 0 Å². The van der Waals surface area contributed by atoms with Crippen LogP contribution in [-0.4, -0.2) is 42.9 Å². The van der Waals surface area contributed by atoms with Gasteiger partial charge >= 0.3 is 0 Å². The number of anilines is 1. The van der Waals surface area contributed by atoms with E-state index in [1.165, 1.54) is 13.0 Å². The van der Waals surface area contributed by atoms with Gasteiger partial charge in [-0.05, 0) is 6.92 Å². The normalized spacial score (nSPS) is 10.3. The first-order valence-electron chi connectivity index (χ1n) is 5.31. The van der Waals surface area contributed by atoms with Gasteiger partial charge in [-0.1, -0.05) is 0 Å². The summed E-state index contributed by atoms with van der Waals surface area (Å²) in [4.78, 5) is 24.4. The van der Waals surface area contributed by atoms with E-state index in [0.29, 0.717) is 18.8 Å². The first-order chi connectivity index (χ1) is 8.04. The first-order valence-corrected chi connectivity index (χ1v) is 5.31. The Hall–Kier alpha value is -1.69. The van der Waals surface area contributed by atoms with Gasteiger partial charge in [-0.15, -0.1) is 0 Å². The molecule has 0 saturated carbocycles. The molecule has 0 N–H and O–H groups in total. The molecule has 0 aromatic carbocycles. The molecule has 0 amide bonds. The highest BCUT2D eigenvalue weighted by Crippen LogP contribution is 2.05. The first kappa shape index (κ1) is 13.4. The molecule has 0 spiro atoms. The molecule has 0 aliphatic carbocycles. The fraction of sp³-hybridized carbons (Fsp3) is 0.545. The van der Waals surface area contributed by atoms with Gasteiger partial charge in [0.1, 0.15) is 6.54 Å². The fourth-order valence-electron chi connectivity index (χ4n) is 1.32. The second-order valence-corrected chi connectivity index (χ2v) is 3.83. The number of likely N-dealkylation sites (N-methyl/N-ethyl adjacent to an activating group) is 1. The van der Waals surface area contributed by atoms with Crippen molar-refractivity contribution >= 4 is 11.5 Å². The van der Waals surface area contributed by atoms with Crippen LogP contribution in [0.5, 0.6) is 0 Å². The highest BCUT2D eigenvalue weighted by molar-refractivity contribution is 5.75. The smallest absolute Gasteiger partial charge is 0.269 e. The van der Waals surface area contributed by atoms with Crippen molar-refractivity contribution in [1.82, 2.24) is 9.78 Å². The average molecular weight is 239 g/mol. The summed E-state index contributed by atoms with van der Waals surface area (Å²) >= 11 is 0. The highest BCUT2D eigenvalue weighted by Gasteiger charge is 2.05. The van der Waals surface area contributed by atoms with Crippen molar-refractivity contribution < 1.29 is 9.53 Å². The van der Waals surface area contributed by atoms with Gasteiger partial charge in [0.05, 0.1) is 18.5 Å². The molecule has 0 bridgehead atoms. The molecule has 0 aliphatic heterocycles. The number of Topliss-reactive ketones (excluding diaryl/α,β-unsaturated/α-hetero) is 1. The van der Waals surface area contributed by atoms with Crippen LogP contribution in [0.15, 0.2) is 17.1 Å². The van der Waals surface area contributed by atoms with Crippen molar-refractivity contribution in [2.24, 2.45) is 0 Å². The average Bonchev–Trinajstić information content (AvgIpc) is 2.28. The number of ketones is 1. The van der Waals surface area contributed by atoms with Crippen molar-refractivity contribution in [3.05, 3.63) is 22.6 Å². The number of nitrogens with zero attached hydrogens (tertiary/aromatic N) is 3. The largest absolute Gasteiger partial charge is 0.383 e. The lowest BCUT2D eigenvalue weighted by molar-refractivity contribution is -0.117. The second-order valence-electron chi connectivity index (χ2n) is 3.83. The second kappa shape index (κ2) is 6.15. The van der Waals surface area contributed by atoms with Gasteiger partial charge in [0, 0.05) is 26.8 Å². The lowest BCUT2D eigenvalue weighted by Crippen LogP contribution is -2.28. The molecule has 1 aromatic heterocycles. The van der Waals surface area contributed by atoms with Crippen LogP contribution < -0.4 is 10.5 Å². The van der Waals surface area contributed by atoms with Crippen LogP contribution in [0.3, 0.4) is 0 Å². The number of ether oxygens (including phenoxy) is 1. The molecule has 1 aromatic rings. The summed E-state index contributed by atoms with van der Waals surface area (Å²) in [7, 11) is 3.47. The van der Waals surface area contributed by atoms with Crippen LogP contribution >= 0.6 is 0 Å². The fourth-order valence-corrected chi connectivity index (χ4v) is 1.32. The lowest BCUT2D eigenvalue weighted by Gasteiger charge is -2.18. The van der Waals surface area contributed by atoms with E-state index in [1.807, 2.05) is 11.9 Å². The third kappa shape index (κ3) is 3.99. The molecule has 6 nitrogen and oxygen atoms in total. The Morgan fingerprint density at radius 2 is 2.29 bits per heavy atom. The third-order valence-corrected chi connectivity index (χ3v) is 2.30. The Bertz CT molecular complexity index is 442. The Balaban J connectivity index is 2.81. The SMILES string of the molecule is COCCN(C)c1cnn(CC(C)=O)c(=O)c1. The van der Waals surface area contributed by atoms with Gasteiger partial charge in [-0.2, -0.15) is 5.10 Å². The minimum absolute atomic E-state index is 0.0148. The zero-order chi connectivity index (χ0) is 12.8. The molecule has 6 heteroatoms. The summed E-state index contributed by atoms with van der Waals surface area (Å²) in [5.41, 5.74) is 0.439. The van der Waals surface area contributed by atoms with Crippen molar-refractivity contribution in [2.75, 3.05) is 32.2 Å². The Morgan fingerprint density at radius 1 is 1.59 bits per heavy atom. The predicted octanol–water partition coefficient (Wildman–Crippen LogP) is -0.0851. The number of carbonyl (C=O) groups excluding carboxylic acids is 1. The summed E-state index contributed by atoms with van der Waals surface area (Å²) in [6, 6.07) is 1.46. The zero-order valence-corrected chi connectivity index (χ0v) is 10.3. The quantitative estimate of drug-likeness (QED) is 0.694. The maximum atomic E-state index is 11.6. The molecule has 17 heavy (non-hydrogen) atoms. The van der Waals surface area contributed by atoms with Gasteiger partial charge in [0.2, 0.25) is 0 Å². The van der Waals surface area contributed by atoms with E-state index in [0.717, 1.165) is 4.68 Å². The topological polar surface area (TPSA) is 64.4 Å². The van der Waals surface area contributed by atoms with E-state index in [4.69, 9.17) is 4.74 Å². The lowest BCUT2D eigenvalue weighted by atomic mass is 10.4. The van der Waals surface area contributed by atoms with E-state index in [9.17, 15) is 9.59 Å². The van der Waals surface area contributed by atoms with Gasteiger partial charge in [-0.3, -0.25) is 9.59 Å². The van der Waals surface area contributed by atoms with E-state index >= 15 is 0 Å². The summed E-state index contributed by atoms with van der Waals surface area (Å²) < 4.78 is 6.10. The minimum atomic E-state index is -0.276. The molecule has 0 atom stereocenters. The van der Waals surface area contributed by atoms with Crippen molar-refractivity contribution in [3.8, 4) is 0 Å². The highest BCUT2D eigenvalue weighted by atomic mass is 16.5. The Morgan fingerprint density at radius 3 is 2.82 bits per heavy atom. The number of carbonyl (C=O) groups is 1. The van der Waals surface area contributed by atoms with Gasteiger partial charge in [0.25, 0.3) is 5.56 Å². The Kier molecular flexibility index (Phi) is 4.84. The van der Waals surface area contributed by atoms with E-state index in [2.05, 4.69) is 5.10 Å². The zero-order valence-electron chi connectivity index (χ0n) is 10.3. The van der Waals surface area contributed by atoms with Crippen molar-refractivity contribution in [2.45, 2.75) is 13.5 Å². The number of hydrogen-bond donors (Lipinski definition) is 0. The molecule has 0 unspecified atom stereocenters. The molecule has 0 radical (unpaired) electrons. The third-order valence-electron chi connectivity index (χ3n) is 2.30. The number of hydrogen-bond acceptors (Lipinski definition) is 5. The number of methoxy groups -OCH3 is 1. The predicted molar refractivity (Wildman–Crippen MR) is 64.3 cm³/mol. The molecular weight excluding hydrogens is 222 g/mol. The van der Waals surface area contributed by atoms with Crippen LogP contribution in [-0.2, 0) is 16.1 Å². The van der Waals surface area contributed by atoms with Crippen LogP contribution in [0.1, 0.15) is 6.92 Å². The summed E-state index contributed by atoms with van der Waals surface area (Å²) in [5, 5.41) is 3.95. The number of rotatable bonds is 6. The molecule has 94 valence electrons.